The highest BCUT2D eigenvalue weighted by Crippen LogP contribution is 2.20. The highest BCUT2D eigenvalue weighted by atomic mass is 16.5. The van der Waals surface area contributed by atoms with Crippen molar-refractivity contribution in [2.24, 2.45) is 5.92 Å². The molecule has 1 unspecified atom stereocenters. The molecule has 116 valence electrons. The molecule has 3 N–H and O–H groups in total. The van der Waals surface area contributed by atoms with Gasteiger partial charge in [0.25, 0.3) is 0 Å². The number of carbonyl (C=O) groups is 2. The highest BCUT2D eigenvalue weighted by molar-refractivity contribution is 5.90. The van der Waals surface area contributed by atoms with Gasteiger partial charge in [-0.3, -0.25) is 4.79 Å². The van der Waals surface area contributed by atoms with Crippen LogP contribution >= 0.6 is 0 Å². The number of anilines is 1. The number of aliphatic carboxylic acids is 1. The number of rotatable bonds is 7. The van der Waals surface area contributed by atoms with Gasteiger partial charge in [-0.1, -0.05) is 13.3 Å². The molecule has 0 aliphatic carbocycles. The van der Waals surface area contributed by atoms with Gasteiger partial charge in [-0.25, -0.2) is 4.79 Å². The topological polar surface area (TPSA) is 87.7 Å². The van der Waals surface area contributed by atoms with Crippen molar-refractivity contribution in [3.63, 3.8) is 0 Å². The van der Waals surface area contributed by atoms with Gasteiger partial charge in [0.05, 0.1) is 7.11 Å². The fraction of sp³-hybridized carbons (Fsp3) is 0.467. The molecule has 1 aromatic rings. The fourth-order valence-corrected chi connectivity index (χ4v) is 1.91. The van der Waals surface area contributed by atoms with Crippen LogP contribution in [0.2, 0.25) is 0 Å². The summed E-state index contributed by atoms with van der Waals surface area (Å²) < 4.78 is 5.10. The Morgan fingerprint density at radius 2 is 2.10 bits per heavy atom. The largest absolute Gasteiger partial charge is 0.497 e. The van der Waals surface area contributed by atoms with Crippen LogP contribution in [-0.4, -0.2) is 30.8 Å². The van der Waals surface area contributed by atoms with Crippen LogP contribution in [0.4, 0.5) is 10.5 Å². The van der Waals surface area contributed by atoms with Crippen molar-refractivity contribution >= 4 is 17.7 Å². The Morgan fingerprint density at radius 3 is 2.62 bits per heavy atom. The number of nitrogens with one attached hydrogen (secondary N) is 2. The van der Waals surface area contributed by atoms with E-state index in [0.717, 1.165) is 11.3 Å². The number of carboxylic acid groups (broad SMARTS) is 1. The van der Waals surface area contributed by atoms with Crippen molar-refractivity contribution in [2.45, 2.75) is 26.7 Å². The van der Waals surface area contributed by atoms with E-state index < -0.39 is 5.97 Å². The predicted octanol–water partition coefficient (Wildman–Crippen LogP) is 2.63. The molecule has 6 heteroatoms. The second-order valence-electron chi connectivity index (χ2n) is 4.89. The molecular formula is C15H22N2O4. The first-order valence-corrected chi connectivity index (χ1v) is 6.87. The molecule has 1 aromatic carbocycles. The van der Waals surface area contributed by atoms with E-state index in [1.165, 1.54) is 0 Å². The molecule has 1 atom stereocenters. The fourth-order valence-electron chi connectivity index (χ4n) is 1.91. The first kappa shape index (κ1) is 16.8. The smallest absolute Gasteiger partial charge is 0.319 e. The van der Waals surface area contributed by atoms with Gasteiger partial charge in [0.1, 0.15) is 5.75 Å². The first-order valence-electron chi connectivity index (χ1n) is 6.87. The average molecular weight is 294 g/mol. The van der Waals surface area contributed by atoms with E-state index in [0.29, 0.717) is 18.7 Å². The van der Waals surface area contributed by atoms with E-state index in [1.54, 1.807) is 19.2 Å². The van der Waals surface area contributed by atoms with Crippen molar-refractivity contribution in [3.8, 4) is 5.75 Å². The summed E-state index contributed by atoms with van der Waals surface area (Å²) in [6.07, 6.45) is 0.756. The molecule has 21 heavy (non-hydrogen) atoms. The third kappa shape index (κ3) is 5.72. The maximum absolute atomic E-state index is 11.8. The second kappa shape index (κ2) is 8.14. The minimum Gasteiger partial charge on any atom is -0.497 e. The Labute approximate surface area is 124 Å². The van der Waals surface area contributed by atoms with Crippen molar-refractivity contribution in [3.05, 3.63) is 23.8 Å². The van der Waals surface area contributed by atoms with E-state index in [9.17, 15) is 9.59 Å². The van der Waals surface area contributed by atoms with E-state index >= 15 is 0 Å². The Bertz CT molecular complexity index is 502. The zero-order valence-electron chi connectivity index (χ0n) is 12.6. The number of ether oxygens (including phenoxy) is 1. The number of hydrogen-bond donors (Lipinski definition) is 3. The van der Waals surface area contributed by atoms with Crippen LogP contribution in [0.3, 0.4) is 0 Å². The zero-order chi connectivity index (χ0) is 15.8. The second-order valence-corrected chi connectivity index (χ2v) is 4.89. The van der Waals surface area contributed by atoms with Crippen LogP contribution in [0.1, 0.15) is 25.3 Å². The molecule has 0 bridgehead atoms. The van der Waals surface area contributed by atoms with E-state index in [2.05, 4.69) is 10.6 Å². The number of methoxy groups -OCH3 is 1. The molecule has 0 saturated carbocycles. The monoisotopic (exact) mass is 294 g/mol. The summed E-state index contributed by atoms with van der Waals surface area (Å²) in [6.45, 7) is 4.11. The SMILES string of the molecule is CCC(CNC(=O)Nc1ccc(OC)cc1C)CC(=O)O. The molecular weight excluding hydrogens is 272 g/mol. The van der Waals surface area contributed by atoms with Crippen molar-refractivity contribution in [1.29, 1.82) is 0 Å². The zero-order valence-corrected chi connectivity index (χ0v) is 12.6. The molecule has 2 amide bonds. The van der Waals surface area contributed by atoms with Crippen molar-refractivity contribution in [2.75, 3.05) is 19.0 Å². The maximum Gasteiger partial charge on any atom is 0.319 e. The van der Waals surface area contributed by atoms with E-state index in [-0.39, 0.29) is 18.4 Å². The number of hydrogen-bond acceptors (Lipinski definition) is 3. The van der Waals surface area contributed by atoms with E-state index in [4.69, 9.17) is 9.84 Å². The first-order chi connectivity index (χ1) is 9.96. The normalized spacial score (nSPS) is 11.6. The lowest BCUT2D eigenvalue weighted by Crippen LogP contribution is -2.33. The van der Waals surface area contributed by atoms with E-state index in [1.807, 2.05) is 19.9 Å². The van der Waals surface area contributed by atoms with Gasteiger partial charge in [0.2, 0.25) is 0 Å². The quantitative estimate of drug-likeness (QED) is 0.721. The standard InChI is InChI=1S/C15H22N2O4/c1-4-11(8-14(18)19)9-16-15(20)17-13-6-5-12(21-3)7-10(13)2/h5-7,11H,4,8-9H2,1-3H3,(H,18,19)(H2,16,17,20). The third-order valence-electron chi connectivity index (χ3n) is 3.27. The van der Waals surface area contributed by atoms with Crippen molar-refractivity contribution in [1.82, 2.24) is 5.32 Å². The lowest BCUT2D eigenvalue weighted by Gasteiger charge is -2.15. The molecule has 0 aromatic heterocycles. The lowest BCUT2D eigenvalue weighted by atomic mass is 10.0. The number of benzene rings is 1. The van der Waals surface area contributed by atoms with Crippen LogP contribution in [0.5, 0.6) is 5.75 Å². The summed E-state index contributed by atoms with van der Waals surface area (Å²) in [5.41, 5.74) is 1.58. The average Bonchev–Trinajstić information content (AvgIpc) is 2.45. The van der Waals surface area contributed by atoms with Gasteiger partial charge in [0, 0.05) is 18.7 Å². The van der Waals surface area contributed by atoms with Gasteiger partial charge in [-0.15, -0.1) is 0 Å². The van der Waals surface area contributed by atoms with Crippen LogP contribution < -0.4 is 15.4 Å². The molecule has 0 aliphatic heterocycles. The molecule has 0 radical (unpaired) electrons. The van der Waals surface area contributed by atoms with Gasteiger partial charge in [-0.2, -0.15) is 0 Å². The van der Waals surface area contributed by atoms with Crippen LogP contribution in [0.25, 0.3) is 0 Å². The summed E-state index contributed by atoms with van der Waals surface area (Å²) in [4.78, 5) is 22.5. The minimum atomic E-state index is -0.852. The molecule has 6 nitrogen and oxygen atoms in total. The molecule has 0 spiro atoms. The summed E-state index contributed by atoms with van der Waals surface area (Å²) >= 11 is 0. The number of amides is 2. The number of carbonyl (C=O) groups excluding carboxylic acids is 1. The highest BCUT2D eigenvalue weighted by Gasteiger charge is 2.13. The van der Waals surface area contributed by atoms with Crippen LogP contribution in [0, 0.1) is 12.8 Å². The minimum absolute atomic E-state index is 0.0539. The number of carboxylic acids is 1. The van der Waals surface area contributed by atoms with Crippen molar-refractivity contribution < 1.29 is 19.4 Å². The lowest BCUT2D eigenvalue weighted by molar-refractivity contribution is -0.138. The Balaban J connectivity index is 2.51. The number of urea groups is 1. The third-order valence-corrected chi connectivity index (χ3v) is 3.27. The summed E-state index contributed by atoms with van der Waals surface area (Å²) in [6, 6.07) is 5.02. The Hall–Kier alpha value is -2.24. The van der Waals surface area contributed by atoms with Gasteiger partial charge >= 0.3 is 12.0 Å². The summed E-state index contributed by atoms with van der Waals surface area (Å²) in [7, 11) is 1.59. The van der Waals surface area contributed by atoms with Crippen LogP contribution in [0.15, 0.2) is 18.2 Å². The maximum atomic E-state index is 11.8. The molecule has 1 rings (SSSR count). The molecule has 0 heterocycles. The number of aryl methyl sites for hydroxylation is 1. The predicted molar refractivity (Wildman–Crippen MR) is 80.8 cm³/mol. The van der Waals surface area contributed by atoms with Gasteiger partial charge in [0.15, 0.2) is 0 Å². The molecule has 0 fully saturated rings. The molecule has 0 aliphatic rings. The Morgan fingerprint density at radius 1 is 1.38 bits per heavy atom. The molecule has 0 saturated heterocycles. The summed E-state index contributed by atoms with van der Waals surface area (Å²) in [5, 5.41) is 14.2. The van der Waals surface area contributed by atoms with Gasteiger partial charge < -0.3 is 20.5 Å². The summed E-state index contributed by atoms with van der Waals surface area (Å²) in [5.74, 6) is -0.189. The Kier molecular flexibility index (Phi) is 6.52. The van der Waals surface area contributed by atoms with Gasteiger partial charge in [-0.05, 0) is 36.6 Å². The van der Waals surface area contributed by atoms with Crippen LogP contribution in [-0.2, 0) is 4.79 Å².